The minimum Gasteiger partial charge on any atom is -0.461 e. The summed E-state index contributed by atoms with van der Waals surface area (Å²) in [4.78, 5) is 39.9. The van der Waals surface area contributed by atoms with Crippen LogP contribution in [0, 0.1) is 17.3 Å². The molecular weight excluding hydrogens is 372 g/mol. The first-order chi connectivity index (χ1) is 13.5. The van der Waals surface area contributed by atoms with Gasteiger partial charge in [0.05, 0.1) is 5.92 Å². The normalized spacial score (nSPS) is 16.9. The highest BCUT2D eigenvalue weighted by atomic mass is 16.5. The number of carbonyl (C=O) groups is 3. The summed E-state index contributed by atoms with van der Waals surface area (Å²) < 4.78 is 5.77. The van der Waals surface area contributed by atoms with Gasteiger partial charge in [-0.1, -0.05) is 40.7 Å². The van der Waals surface area contributed by atoms with Crippen molar-refractivity contribution in [2.75, 3.05) is 6.54 Å². The van der Waals surface area contributed by atoms with Gasteiger partial charge in [-0.25, -0.2) is 10.3 Å². The largest absolute Gasteiger partial charge is 0.461 e. The van der Waals surface area contributed by atoms with Crippen LogP contribution >= 0.6 is 0 Å². The lowest BCUT2D eigenvalue weighted by Crippen LogP contribution is -2.54. The molecule has 0 spiro atoms. The molecule has 2 N–H and O–H groups in total. The Morgan fingerprint density at radius 1 is 1.24 bits per heavy atom. The van der Waals surface area contributed by atoms with Gasteiger partial charge >= 0.3 is 5.97 Å². The fraction of sp³-hybridized carbons (Fsp3) is 0.773. The van der Waals surface area contributed by atoms with Gasteiger partial charge in [0.15, 0.2) is 0 Å². The predicted molar refractivity (Wildman–Crippen MR) is 111 cm³/mol. The van der Waals surface area contributed by atoms with Gasteiger partial charge in [-0.05, 0) is 43.4 Å². The Balaban J connectivity index is 3.12. The van der Waals surface area contributed by atoms with Crippen LogP contribution in [-0.2, 0) is 19.1 Å². The number of hydrogen-bond acceptors (Lipinski definition) is 5. The van der Waals surface area contributed by atoms with Gasteiger partial charge in [-0.15, -0.1) is 6.58 Å². The van der Waals surface area contributed by atoms with Crippen molar-refractivity contribution in [2.24, 2.45) is 17.3 Å². The van der Waals surface area contributed by atoms with E-state index in [0.717, 1.165) is 25.7 Å². The van der Waals surface area contributed by atoms with Crippen LogP contribution in [0.1, 0.15) is 73.1 Å². The molecule has 0 aromatic heterocycles. The number of esters is 1. The SMILES string of the molecule is C=CC[C@@H](CC(=O)N(CC(C)C)[C@H](C(=O)OC1CCCC1)C(C)(C)C)C(=O)NO. The standard InChI is InChI=1S/C22H38N2O5/c1-7-10-16(20(26)23-28)13-18(25)24(14-15(2)3)19(22(4,5)6)21(27)29-17-11-8-9-12-17/h7,15-17,19,28H,1,8-14H2,2-6H3,(H,23,26)/t16-,19+/m0/s1. The van der Waals surface area contributed by atoms with Crippen LogP contribution in [0.4, 0.5) is 0 Å². The molecule has 0 saturated heterocycles. The number of ether oxygens (including phenoxy) is 1. The summed E-state index contributed by atoms with van der Waals surface area (Å²) in [6.07, 6.45) is 5.40. The molecule has 7 heteroatoms. The summed E-state index contributed by atoms with van der Waals surface area (Å²) in [5.41, 5.74) is 1.08. The Labute approximate surface area is 174 Å². The maximum atomic E-state index is 13.2. The van der Waals surface area contributed by atoms with E-state index in [1.165, 1.54) is 6.08 Å². The second-order valence-corrected chi connectivity index (χ2v) is 9.45. The van der Waals surface area contributed by atoms with Crippen LogP contribution in [0.25, 0.3) is 0 Å². The van der Waals surface area contributed by atoms with Crippen LogP contribution in [-0.4, -0.2) is 46.6 Å². The molecule has 0 bridgehead atoms. The van der Waals surface area contributed by atoms with E-state index >= 15 is 0 Å². The topological polar surface area (TPSA) is 95.9 Å². The molecule has 29 heavy (non-hydrogen) atoms. The predicted octanol–water partition coefficient (Wildman–Crippen LogP) is 3.46. The van der Waals surface area contributed by atoms with E-state index in [4.69, 9.17) is 9.94 Å². The number of nitrogens with one attached hydrogen (secondary N) is 1. The van der Waals surface area contributed by atoms with E-state index in [-0.39, 0.29) is 36.7 Å². The molecule has 1 saturated carbocycles. The molecule has 166 valence electrons. The van der Waals surface area contributed by atoms with Crippen molar-refractivity contribution in [3.63, 3.8) is 0 Å². The Bertz CT molecular complexity index is 576. The van der Waals surface area contributed by atoms with E-state index < -0.39 is 23.3 Å². The van der Waals surface area contributed by atoms with Crippen molar-refractivity contribution < 1.29 is 24.3 Å². The zero-order valence-electron chi connectivity index (χ0n) is 18.6. The fourth-order valence-corrected chi connectivity index (χ4v) is 3.83. The van der Waals surface area contributed by atoms with E-state index in [0.29, 0.717) is 6.54 Å². The maximum absolute atomic E-state index is 13.2. The van der Waals surface area contributed by atoms with Crippen molar-refractivity contribution in [3.8, 4) is 0 Å². The smallest absolute Gasteiger partial charge is 0.329 e. The lowest BCUT2D eigenvalue weighted by Gasteiger charge is -2.40. The second-order valence-electron chi connectivity index (χ2n) is 9.45. The molecular formula is C22H38N2O5. The lowest BCUT2D eigenvalue weighted by atomic mass is 9.84. The molecule has 0 aliphatic heterocycles. The minimum absolute atomic E-state index is 0.0861. The van der Waals surface area contributed by atoms with Crippen LogP contribution in [0.2, 0.25) is 0 Å². The number of hydrogen-bond donors (Lipinski definition) is 2. The van der Waals surface area contributed by atoms with Crippen LogP contribution < -0.4 is 5.48 Å². The summed E-state index contributed by atoms with van der Waals surface area (Å²) in [5.74, 6) is -1.94. The van der Waals surface area contributed by atoms with Crippen LogP contribution in [0.15, 0.2) is 12.7 Å². The van der Waals surface area contributed by atoms with E-state index in [1.54, 1.807) is 10.4 Å². The van der Waals surface area contributed by atoms with Gasteiger partial charge in [-0.2, -0.15) is 0 Å². The molecule has 0 aromatic rings. The molecule has 1 aliphatic rings. The first kappa shape index (κ1) is 25.1. The molecule has 0 radical (unpaired) electrons. The number of rotatable bonds is 10. The summed E-state index contributed by atoms with van der Waals surface area (Å²) in [5, 5.41) is 8.98. The van der Waals surface area contributed by atoms with Gasteiger partial charge in [0.2, 0.25) is 11.8 Å². The molecule has 1 fully saturated rings. The highest BCUT2D eigenvalue weighted by Crippen LogP contribution is 2.30. The Morgan fingerprint density at radius 3 is 2.28 bits per heavy atom. The van der Waals surface area contributed by atoms with Crippen molar-refractivity contribution in [2.45, 2.75) is 85.3 Å². The molecule has 7 nitrogen and oxygen atoms in total. The van der Waals surface area contributed by atoms with Crippen molar-refractivity contribution >= 4 is 17.8 Å². The summed E-state index contributed by atoms with van der Waals surface area (Å²) >= 11 is 0. The summed E-state index contributed by atoms with van der Waals surface area (Å²) in [6.45, 7) is 13.7. The summed E-state index contributed by atoms with van der Waals surface area (Å²) in [6, 6.07) is -0.750. The molecule has 0 aromatic carbocycles. The van der Waals surface area contributed by atoms with Gasteiger partial charge in [-0.3, -0.25) is 14.8 Å². The third-order valence-corrected chi connectivity index (χ3v) is 5.18. The lowest BCUT2D eigenvalue weighted by molar-refractivity contribution is -0.165. The second kappa shape index (κ2) is 11.3. The number of carbonyl (C=O) groups excluding carboxylic acids is 3. The molecule has 1 rings (SSSR count). The highest BCUT2D eigenvalue weighted by Gasteiger charge is 2.42. The van der Waals surface area contributed by atoms with Crippen molar-refractivity contribution in [3.05, 3.63) is 12.7 Å². The Morgan fingerprint density at radius 2 is 1.83 bits per heavy atom. The maximum Gasteiger partial charge on any atom is 0.329 e. The van der Waals surface area contributed by atoms with E-state index in [2.05, 4.69) is 6.58 Å². The van der Waals surface area contributed by atoms with Gasteiger partial charge in [0.25, 0.3) is 0 Å². The third kappa shape index (κ3) is 7.80. The average molecular weight is 411 g/mol. The number of amides is 2. The zero-order valence-corrected chi connectivity index (χ0v) is 18.6. The van der Waals surface area contributed by atoms with Crippen molar-refractivity contribution in [1.29, 1.82) is 0 Å². The van der Waals surface area contributed by atoms with Crippen LogP contribution in [0.3, 0.4) is 0 Å². The van der Waals surface area contributed by atoms with E-state index in [1.807, 2.05) is 34.6 Å². The Kier molecular flexibility index (Phi) is 9.83. The Hall–Kier alpha value is -1.89. The van der Waals surface area contributed by atoms with E-state index in [9.17, 15) is 14.4 Å². The molecule has 2 atom stereocenters. The van der Waals surface area contributed by atoms with Gasteiger partial charge < -0.3 is 9.64 Å². The quantitative estimate of drug-likeness (QED) is 0.249. The molecule has 1 aliphatic carbocycles. The third-order valence-electron chi connectivity index (χ3n) is 5.18. The first-order valence-electron chi connectivity index (χ1n) is 10.6. The monoisotopic (exact) mass is 410 g/mol. The van der Waals surface area contributed by atoms with Crippen molar-refractivity contribution in [1.82, 2.24) is 10.4 Å². The number of hydroxylamine groups is 1. The number of nitrogens with zero attached hydrogens (tertiary/aromatic N) is 1. The van der Waals surface area contributed by atoms with Gasteiger partial charge in [0, 0.05) is 13.0 Å². The summed E-state index contributed by atoms with van der Waals surface area (Å²) in [7, 11) is 0. The highest BCUT2D eigenvalue weighted by molar-refractivity contribution is 5.89. The molecule has 0 unspecified atom stereocenters. The average Bonchev–Trinajstić information content (AvgIpc) is 3.11. The number of allylic oxidation sites excluding steroid dienone is 1. The molecule has 0 heterocycles. The first-order valence-corrected chi connectivity index (χ1v) is 10.6. The minimum atomic E-state index is -0.750. The zero-order chi connectivity index (χ0) is 22.2. The fourth-order valence-electron chi connectivity index (χ4n) is 3.83. The van der Waals surface area contributed by atoms with Crippen LogP contribution in [0.5, 0.6) is 0 Å². The molecule has 2 amide bonds. The van der Waals surface area contributed by atoms with Gasteiger partial charge in [0.1, 0.15) is 12.1 Å².